The molecule has 1 aromatic carbocycles. The van der Waals surface area contributed by atoms with E-state index in [-0.39, 0.29) is 17.9 Å². The number of nitrogens with one attached hydrogen (secondary N) is 3. The molecule has 0 saturated carbocycles. The first-order valence-corrected chi connectivity index (χ1v) is 14.1. The Labute approximate surface area is 242 Å². The Balaban J connectivity index is -0.000000618. The molecule has 1 aromatic rings. The number of carbonyl (C=O) groups excluding carboxylic acids is 2. The molecule has 0 aliphatic carbocycles. The van der Waals surface area contributed by atoms with Crippen molar-refractivity contribution >= 4 is 17.5 Å². The zero-order chi connectivity index (χ0) is 31.0. The van der Waals surface area contributed by atoms with Crippen LogP contribution in [-0.2, 0) is 35.1 Å². The third-order valence-electron chi connectivity index (χ3n) is 4.95. The number of benzene rings is 1. The summed E-state index contributed by atoms with van der Waals surface area (Å²) in [4.78, 5) is 22.9. The van der Waals surface area contributed by atoms with E-state index < -0.39 is 0 Å². The van der Waals surface area contributed by atoms with E-state index in [1.54, 1.807) is 7.11 Å². The number of likely N-dealkylation sites (N-methyl/N-ethyl adjacent to an activating group) is 1. The van der Waals surface area contributed by atoms with Gasteiger partial charge >= 0.3 is 0 Å². The fourth-order valence-electron chi connectivity index (χ4n) is 2.58. The van der Waals surface area contributed by atoms with E-state index in [1.165, 1.54) is 0 Å². The van der Waals surface area contributed by atoms with E-state index in [0.29, 0.717) is 71.7 Å². The van der Waals surface area contributed by atoms with Crippen LogP contribution in [0.4, 0.5) is 5.69 Å². The number of ether oxygens (including phenoxy) is 4. The van der Waals surface area contributed by atoms with Crippen LogP contribution in [0.25, 0.3) is 0 Å². The van der Waals surface area contributed by atoms with E-state index in [1.807, 2.05) is 52.0 Å². The summed E-state index contributed by atoms with van der Waals surface area (Å²) in [5.41, 5.74) is 7.17. The number of carbonyl (C=O) groups is 2. The molecule has 2 amide bonds. The highest BCUT2D eigenvalue weighted by Gasteiger charge is 2.10. The van der Waals surface area contributed by atoms with Gasteiger partial charge in [-0.25, -0.2) is 0 Å². The molecule has 11 nitrogen and oxygen atoms in total. The van der Waals surface area contributed by atoms with Crippen molar-refractivity contribution in [2.24, 2.45) is 11.7 Å². The van der Waals surface area contributed by atoms with Crippen molar-refractivity contribution < 1.29 is 33.6 Å². The average Bonchev–Trinajstić information content (AvgIpc) is 2.96. The summed E-state index contributed by atoms with van der Waals surface area (Å²) in [5, 5.41) is 15.7. The molecule has 0 fully saturated rings. The molecule has 236 valence electrons. The second-order valence-electron chi connectivity index (χ2n) is 8.43. The largest absolute Gasteiger partial charge is 0.400 e. The van der Waals surface area contributed by atoms with E-state index in [2.05, 4.69) is 29.8 Å². The molecule has 11 heteroatoms. The molecular formula is C29H58N4O7. The summed E-state index contributed by atoms with van der Waals surface area (Å²) in [7, 11) is 2.66. The van der Waals surface area contributed by atoms with Crippen LogP contribution in [0, 0.1) is 5.92 Å². The summed E-state index contributed by atoms with van der Waals surface area (Å²) in [6.07, 6.45) is 0.386. The molecule has 0 spiro atoms. The topological polar surface area (TPSA) is 153 Å². The van der Waals surface area contributed by atoms with Gasteiger partial charge in [0.1, 0.15) is 0 Å². The van der Waals surface area contributed by atoms with Crippen LogP contribution in [0.3, 0.4) is 0 Å². The maximum atomic E-state index is 11.5. The van der Waals surface area contributed by atoms with Crippen molar-refractivity contribution in [2.75, 3.05) is 78.8 Å². The smallest absolute Gasteiger partial charge is 0.238 e. The van der Waals surface area contributed by atoms with Crippen LogP contribution >= 0.6 is 0 Å². The number of rotatable bonds is 19. The lowest BCUT2D eigenvalue weighted by atomic mass is 10.1. The van der Waals surface area contributed by atoms with Gasteiger partial charge in [-0.3, -0.25) is 9.59 Å². The first-order chi connectivity index (χ1) is 19.3. The Bertz CT molecular complexity index is 677. The highest BCUT2D eigenvalue weighted by Crippen LogP contribution is 2.09. The molecular weight excluding hydrogens is 516 g/mol. The predicted molar refractivity (Wildman–Crippen MR) is 162 cm³/mol. The number of anilines is 1. The molecule has 1 atom stereocenters. The summed E-state index contributed by atoms with van der Waals surface area (Å²) in [6, 6.07) is 7.81. The summed E-state index contributed by atoms with van der Waals surface area (Å²) >= 11 is 0. The number of hydrogen-bond acceptors (Lipinski definition) is 9. The second kappa shape index (κ2) is 33.1. The number of aliphatic hydroxyl groups excluding tert-OH is 1. The fraction of sp³-hybridized carbons (Fsp3) is 0.724. The van der Waals surface area contributed by atoms with Crippen molar-refractivity contribution in [1.82, 2.24) is 10.6 Å². The zero-order valence-corrected chi connectivity index (χ0v) is 26.2. The van der Waals surface area contributed by atoms with Crippen LogP contribution in [-0.4, -0.2) is 96.5 Å². The van der Waals surface area contributed by atoms with Gasteiger partial charge in [-0.1, -0.05) is 46.8 Å². The molecule has 1 rings (SSSR count). The van der Waals surface area contributed by atoms with Gasteiger partial charge in [-0.15, -0.1) is 0 Å². The van der Waals surface area contributed by atoms with Crippen molar-refractivity contribution in [3.05, 3.63) is 29.8 Å². The summed E-state index contributed by atoms with van der Waals surface area (Å²) < 4.78 is 20.8. The minimum absolute atomic E-state index is 0.0265. The molecule has 0 radical (unpaired) electrons. The van der Waals surface area contributed by atoms with Crippen LogP contribution in [0.15, 0.2) is 24.3 Å². The molecule has 1 unspecified atom stereocenters. The Morgan fingerprint density at radius 1 is 0.875 bits per heavy atom. The molecule has 0 aliphatic heterocycles. The Kier molecular flexibility index (Phi) is 35.0. The number of hydrogen-bond donors (Lipinski definition) is 5. The van der Waals surface area contributed by atoms with Crippen molar-refractivity contribution in [1.29, 1.82) is 0 Å². The average molecular weight is 575 g/mol. The zero-order valence-electron chi connectivity index (χ0n) is 26.2. The lowest BCUT2D eigenvalue weighted by Crippen LogP contribution is -2.36. The predicted octanol–water partition coefficient (Wildman–Crippen LogP) is 2.56. The van der Waals surface area contributed by atoms with Crippen molar-refractivity contribution in [3.63, 3.8) is 0 Å². The van der Waals surface area contributed by atoms with Gasteiger partial charge in [-0.2, -0.15) is 0 Å². The van der Waals surface area contributed by atoms with Crippen LogP contribution in [0.5, 0.6) is 0 Å². The Morgan fingerprint density at radius 3 is 1.88 bits per heavy atom. The third kappa shape index (κ3) is 28.9. The van der Waals surface area contributed by atoms with Gasteiger partial charge in [0, 0.05) is 38.9 Å². The van der Waals surface area contributed by atoms with Gasteiger partial charge in [0.2, 0.25) is 11.8 Å². The normalized spacial score (nSPS) is 10.7. The lowest BCUT2D eigenvalue weighted by molar-refractivity contribution is -0.123. The highest BCUT2D eigenvalue weighted by atomic mass is 16.5. The Morgan fingerprint density at radius 2 is 1.40 bits per heavy atom. The number of aliphatic hydroxyl groups is 1. The fourth-order valence-corrected chi connectivity index (χ4v) is 2.58. The molecule has 0 saturated heterocycles. The standard InChI is InChI=1S/C14H30N2O4.C12H18N2O2.C2H6.CH4O/c1-12(2)13(3)16-14(17)4-6-18-8-10-20-11-9-19-7-5-15;1-3-13-8-12(15)14-11-6-4-10(5-7-11)9-16-2;2*1-2/h12-13H,4-11,15H2,1-3H3,(H,16,17);4-7,13H,3,8-9H2,1-2H3,(H,14,15);1-2H3;2H,1H3. The van der Waals surface area contributed by atoms with E-state index in [4.69, 9.17) is 29.8 Å². The monoisotopic (exact) mass is 574 g/mol. The molecule has 0 bridgehead atoms. The molecule has 6 N–H and O–H groups in total. The number of amides is 2. The van der Waals surface area contributed by atoms with Crippen LogP contribution < -0.4 is 21.7 Å². The quantitative estimate of drug-likeness (QED) is 0.157. The summed E-state index contributed by atoms with van der Waals surface area (Å²) in [6.45, 7) is 17.4. The van der Waals surface area contributed by atoms with Gasteiger partial charge in [-0.05, 0) is 37.1 Å². The first-order valence-electron chi connectivity index (χ1n) is 14.1. The first kappa shape index (κ1) is 42.3. The lowest BCUT2D eigenvalue weighted by Gasteiger charge is -2.17. The molecule has 0 heterocycles. The minimum atomic E-state index is -0.0265. The maximum Gasteiger partial charge on any atom is 0.238 e. The Hall–Kier alpha value is -2.12. The number of nitrogens with two attached hydrogens (primary N) is 1. The van der Waals surface area contributed by atoms with Crippen LogP contribution in [0.2, 0.25) is 0 Å². The number of methoxy groups -OCH3 is 1. The van der Waals surface area contributed by atoms with Crippen molar-refractivity contribution in [3.8, 4) is 0 Å². The van der Waals surface area contributed by atoms with E-state index >= 15 is 0 Å². The molecule has 0 aliphatic rings. The van der Waals surface area contributed by atoms with Gasteiger partial charge in [0.05, 0.1) is 52.8 Å². The SMILES string of the molecule is CC.CC(C)C(C)NC(=O)CCOCCOCCOCCN.CCNCC(=O)Nc1ccc(COC)cc1.CO. The molecule has 40 heavy (non-hydrogen) atoms. The van der Waals surface area contributed by atoms with Gasteiger partial charge < -0.3 is 45.7 Å². The summed E-state index contributed by atoms with van der Waals surface area (Å²) in [5.74, 6) is 0.443. The van der Waals surface area contributed by atoms with E-state index in [9.17, 15) is 9.59 Å². The van der Waals surface area contributed by atoms with Gasteiger partial charge in [0.15, 0.2) is 0 Å². The highest BCUT2D eigenvalue weighted by molar-refractivity contribution is 5.92. The van der Waals surface area contributed by atoms with Crippen LogP contribution in [0.1, 0.15) is 53.5 Å². The van der Waals surface area contributed by atoms with E-state index in [0.717, 1.165) is 24.9 Å². The minimum Gasteiger partial charge on any atom is -0.400 e. The molecule has 0 aromatic heterocycles. The second-order valence-corrected chi connectivity index (χ2v) is 8.43. The van der Waals surface area contributed by atoms with Gasteiger partial charge in [0.25, 0.3) is 0 Å². The maximum absolute atomic E-state index is 11.5. The van der Waals surface area contributed by atoms with Crippen molar-refractivity contribution in [2.45, 2.75) is 60.6 Å². The third-order valence-corrected chi connectivity index (χ3v) is 4.95.